The van der Waals surface area contributed by atoms with E-state index in [4.69, 9.17) is 0 Å². The molecule has 0 aromatic heterocycles. The molecular weight excluding hydrogens is 326 g/mol. The second-order valence-electron chi connectivity index (χ2n) is 9.81. The molecule has 1 saturated carbocycles. The van der Waals surface area contributed by atoms with Crippen LogP contribution in [0.2, 0.25) is 0 Å². The van der Waals surface area contributed by atoms with Crippen molar-refractivity contribution >= 4 is 5.91 Å². The molecule has 4 heteroatoms. The van der Waals surface area contributed by atoms with Gasteiger partial charge in [0.05, 0.1) is 17.1 Å². The highest BCUT2D eigenvalue weighted by atomic mass is 16.3. The van der Waals surface area contributed by atoms with E-state index in [9.17, 15) is 15.0 Å². The molecule has 0 radical (unpaired) electrons. The van der Waals surface area contributed by atoms with Crippen LogP contribution in [0.1, 0.15) is 53.9 Å². The van der Waals surface area contributed by atoms with Crippen LogP contribution in [-0.2, 0) is 4.79 Å². The molecule has 4 nitrogen and oxygen atoms in total. The lowest BCUT2D eigenvalue weighted by Crippen LogP contribution is -2.65. The van der Waals surface area contributed by atoms with E-state index >= 15 is 0 Å². The van der Waals surface area contributed by atoms with E-state index in [1.54, 1.807) is 0 Å². The van der Waals surface area contributed by atoms with Crippen molar-refractivity contribution in [3.8, 4) is 0 Å². The second kappa shape index (κ2) is 5.68. The molecule has 0 unspecified atom stereocenters. The average Bonchev–Trinajstić information content (AvgIpc) is 2.99. The second-order valence-corrected chi connectivity index (χ2v) is 9.81. The number of aliphatic hydroxyl groups excluding tert-OH is 1. The predicted octanol–water partition coefficient (Wildman–Crippen LogP) is 2.81. The predicted molar refractivity (Wildman–Crippen MR) is 101 cm³/mol. The van der Waals surface area contributed by atoms with Crippen molar-refractivity contribution in [2.75, 3.05) is 0 Å². The number of carbonyl (C=O) groups excluding carboxylic acids is 1. The van der Waals surface area contributed by atoms with Crippen molar-refractivity contribution in [2.45, 2.75) is 71.6 Å². The Balaban J connectivity index is 1.94. The van der Waals surface area contributed by atoms with Crippen LogP contribution in [0.5, 0.6) is 0 Å². The number of carbonyl (C=O) groups is 1. The summed E-state index contributed by atoms with van der Waals surface area (Å²) >= 11 is 0. The minimum atomic E-state index is -1.16. The van der Waals surface area contributed by atoms with Gasteiger partial charge in [-0.2, -0.15) is 0 Å². The first-order valence-electron chi connectivity index (χ1n) is 10.2. The van der Waals surface area contributed by atoms with E-state index in [1.165, 1.54) is 5.57 Å². The van der Waals surface area contributed by atoms with Gasteiger partial charge in [-0.05, 0) is 38.5 Å². The van der Waals surface area contributed by atoms with E-state index in [0.717, 1.165) is 12.0 Å². The van der Waals surface area contributed by atoms with E-state index in [-0.39, 0.29) is 35.6 Å². The Morgan fingerprint density at radius 3 is 2.58 bits per heavy atom. The van der Waals surface area contributed by atoms with Crippen LogP contribution < -0.4 is 5.32 Å². The molecule has 1 saturated heterocycles. The lowest BCUT2D eigenvalue weighted by Gasteiger charge is -2.57. The van der Waals surface area contributed by atoms with Crippen LogP contribution in [0.3, 0.4) is 0 Å². The first kappa shape index (κ1) is 18.2. The van der Waals surface area contributed by atoms with Crippen molar-refractivity contribution in [1.29, 1.82) is 0 Å². The van der Waals surface area contributed by atoms with Crippen molar-refractivity contribution in [3.63, 3.8) is 0 Å². The monoisotopic (exact) mass is 359 g/mol. The molecule has 144 valence electrons. The topological polar surface area (TPSA) is 69.6 Å². The Morgan fingerprint density at radius 2 is 1.92 bits per heavy atom. The maximum atomic E-state index is 13.6. The Morgan fingerprint density at radius 1 is 1.27 bits per heavy atom. The van der Waals surface area contributed by atoms with Gasteiger partial charge >= 0.3 is 0 Å². The largest absolute Gasteiger partial charge is 0.393 e. The van der Waals surface area contributed by atoms with Gasteiger partial charge < -0.3 is 15.5 Å². The van der Waals surface area contributed by atoms with Gasteiger partial charge in [0, 0.05) is 30.2 Å². The molecule has 26 heavy (non-hydrogen) atoms. The first-order valence-corrected chi connectivity index (χ1v) is 10.2. The molecule has 3 aliphatic carbocycles. The number of aliphatic hydroxyl groups is 2. The molecule has 4 aliphatic rings. The molecule has 1 aliphatic heterocycles. The van der Waals surface area contributed by atoms with Crippen molar-refractivity contribution in [3.05, 3.63) is 23.3 Å². The molecule has 1 amide bonds. The summed E-state index contributed by atoms with van der Waals surface area (Å²) in [6.07, 6.45) is 5.66. The summed E-state index contributed by atoms with van der Waals surface area (Å²) in [5.41, 5.74) is 0.414. The summed E-state index contributed by atoms with van der Waals surface area (Å²) in [6.45, 7) is 10.8. The Kier molecular flexibility index (Phi) is 3.99. The van der Waals surface area contributed by atoms with Crippen LogP contribution in [0, 0.1) is 35.0 Å². The SMILES string of the molecule is CC1=C[C@@H]2C=C(C)[C@H]3C[C@H](O)C[C@@]3(O)[C@]23C(=O)N[C@@H](CC(C)C)[C@@H]3[C@@H]1C. The van der Waals surface area contributed by atoms with Crippen LogP contribution in [0.25, 0.3) is 0 Å². The van der Waals surface area contributed by atoms with Gasteiger partial charge in [-0.3, -0.25) is 4.79 Å². The smallest absolute Gasteiger partial charge is 0.230 e. The molecule has 1 spiro atoms. The van der Waals surface area contributed by atoms with Gasteiger partial charge in [0.15, 0.2) is 0 Å². The minimum absolute atomic E-state index is 0.000833. The molecule has 4 rings (SSSR count). The van der Waals surface area contributed by atoms with Gasteiger partial charge in [-0.1, -0.05) is 44.1 Å². The molecule has 2 fully saturated rings. The van der Waals surface area contributed by atoms with Gasteiger partial charge in [-0.15, -0.1) is 0 Å². The van der Waals surface area contributed by atoms with E-state index in [2.05, 4.69) is 52.1 Å². The van der Waals surface area contributed by atoms with Crippen LogP contribution in [-0.4, -0.2) is 33.9 Å². The van der Waals surface area contributed by atoms with Crippen LogP contribution >= 0.6 is 0 Å². The molecule has 0 aromatic carbocycles. The summed E-state index contributed by atoms with van der Waals surface area (Å²) in [7, 11) is 0. The highest BCUT2D eigenvalue weighted by Crippen LogP contribution is 2.67. The van der Waals surface area contributed by atoms with E-state index < -0.39 is 17.1 Å². The van der Waals surface area contributed by atoms with E-state index in [1.807, 2.05) is 0 Å². The fourth-order valence-electron chi connectivity index (χ4n) is 6.95. The third kappa shape index (κ3) is 2.06. The fraction of sp³-hybridized carbons (Fsp3) is 0.773. The summed E-state index contributed by atoms with van der Waals surface area (Å²) in [5.74, 6) is 0.566. The number of hydrogen-bond donors (Lipinski definition) is 3. The van der Waals surface area contributed by atoms with Gasteiger partial charge in [0.25, 0.3) is 0 Å². The first-order chi connectivity index (χ1) is 12.1. The highest BCUT2D eigenvalue weighted by Gasteiger charge is 2.74. The van der Waals surface area contributed by atoms with Crippen LogP contribution in [0.4, 0.5) is 0 Å². The number of hydrogen-bond acceptors (Lipinski definition) is 3. The zero-order valence-corrected chi connectivity index (χ0v) is 16.6. The maximum absolute atomic E-state index is 13.6. The summed E-state index contributed by atoms with van der Waals surface area (Å²) in [5, 5.41) is 25.8. The third-order valence-corrected chi connectivity index (χ3v) is 7.94. The standard InChI is InChI=1S/C22H33NO3/c1-11(2)6-18-19-14(5)12(3)7-15-8-13(4)17-9-16(24)10-21(17,26)22(15,19)20(25)23-18/h7-8,11,14-19,24,26H,6,9-10H2,1-5H3,(H,23,25)/t14-,15-,16+,17-,18+,19+,21+,22-/m1/s1. The summed E-state index contributed by atoms with van der Waals surface area (Å²) < 4.78 is 0. The van der Waals surface area contributed by atoms with Crippen molar-refractivity contribution in [2.24, 2.45) is 35.0 Å². The van der Waals surface area contributed by atoms with Gasteiger partial charge in [0.1, 0.15) is 0 Å². The zero-order valence-electron chi connectivity index (χ0n) is 16.6. The van der Waals surface area contributed by atoms with Gasteiger partial charge in [-0.25, -0.2) is 0 Å². The maximum Gasteiger partial charge on any atom is 0.230 e. The number of nitrogens with one attached hydrogen (secondary N) is 1. The van der Waals surface area contributed by atoms with Crippen LogP contribution in [0.15, 0.2) is 23.3 Å². The zero-order chi connectivity index (χ0) is 19.0. The Hall–Kier alpha value is -1.13. The molecule has 3 N–H and O–H groups in total. The Bertz CT molecular complexity index is 696. The quantitative estimate of drug-likeness (QED) is 0.664. The number of fused-ring (bicyclic) bond motifs is 1. The van der Waals surface area contributed by atoms with Gasteiger partial charge in [0.2, 0.25) is 5.91 Å². The molecule has 1 heterocycles. The Labute approximate surface area is 156 Å². The molecule has 0 aromatic rings. The highest BCUT2D eigenvalue weighted by molar-refractivity contribution is 5.89. The molecule has 8 atom stereocenters. The minimum Gasteiger partial charge on any atom is -0.393 e. The third-order valence-electron chi connectivity index (χ3n) is 7.94. The lowest BCUT2D eigenvalue weighted by atomic mass is 9.46. The van der Waals surface area contributed by atoms with Crippen molar-refractivity contribution in [1.82, 2.24) is 5.32 Å². The molecular formula is C22H33NO3. The molecule has 0 bridgehead atoms. The normalized spacial score (nSPS) is 49.9. The van der Waals surface area contributed by atoms with E-state index in [0.29, 0.717) is 18.8 Å². The summed E-state index contributed by atoms with van der Waals surface area (Å²) in [4.78, 5) is 13.6. The summed E-state index contributed by atoms with van der Waals surface area (Å²) in [6, 6.07) is 0.0814. The van der Waals surface area contributed by atoms with Crippen molar-refractivity contribution < 1.29 is 15.0 Å². The number of amides is 1. The average molecular weight is 360 g/mol. The fourth-order valence-corrected chi connectivity index (χ4v) is 6.95. The number of allylic oxidation sites excluding steroid dienone is 3. The lowest BCUT2D eigenvalue weighted by molar-refractivity contribution is -0.174. The number of rotatable bonds is 2.